The lowest BCUT2D eigenvalue weighted by Gasteiger charge is -2.24. The number of aliphatic hydroxyl groups excluding tert-OH is 1. The predicted octanol–water partition coefficient (Wildman–Crippen LogP) is 1.46. The van der Waals surface area contributed by atoms with Crippen LogP contribution >= 0.6 is 12.4 Å². The highest BCUT2D eigenvalue weighted by Crippen LogP contribution is 2.13. The van der Waals surface area contributed by atoms with E-state index in [0.29, 0.717) is 12.2 Å². The fraction of sp³-hybridized carbons (Fsp3) is 0.462. The Balaban J connectivity index is 0.00000324. The highest BCUT2D eigenvalue weighted by molar-refractivity contribution is 5.92. The predicted molar refractivity (Wildman–Crippen MR) is 77.8 cm³/mol. The number of hydrogen-bond donors (Lipinski definition) is 3. The van der Waals surface area contributed by atoms with E-state index in [2.05, 4.69) is 5.32 Å². The third-order valence-electron chi connectivity index (χ3n) is 2.62. The Hall–Kier alpha value is -1.30. The van der Waals surface area contributed by atoms with Crippen molar-refractivity contribution in [3.8, 4) is 5.75 Å². The van der Waals surface area contributed by atoms with Gasteiger partial charge in [-0.2, -0.15) is 0 Å². The molecular weight excluding hydrogens is 268 g/mol. The number of benzene rings is 1. The Morgan fingerprint density at radius 1 is 1.32 bits per heavy atom. The fourth-order valence-corrected chi connectivity index (χ4v) is 1.58. The number of phenols is 1. The molecule has 0 aromatic heterocycles. The van der Waals surface area contributed by atoms with Crippen molar-refractivity contribution < 1.29 is 15.0 Å². The first-order chi connectivity index (χ1) is 8.52. The number of hydrogen-bond acceptors (Lipinski definition) is 4. The molecule has 3 N–H and O–H groups in total. The van der Waals surface area contributed by atoms with E-state index in [1.807, 2.05) is 18.7 Å². The van der Waals surface area contributed by atoms with Crippen LogP contribution in [0.25, 0.3) is 0 Å². The largest absolute Gasteiger partial charge is 0.508 e. The Morgan fingerprint density at radius 2 is 1.89 bits per heavy atom. The summed E-state index contributed by atoms with van der Waals surface area (Å²) in [5.74, 6) is 0.0277. The molecule has 0 saturated heterocycles. The fourth-order valence-electron chi connectivity index (χ4n) is 1.58. The van der Waals surface area contributed by atoms with Gasteiger partial charge in [-0.1, -0.05) is 0 Å². The van der Waals surface area contributed by atoms with Gasteiger partial charge in [0, 0.05) is 18.3 Å². The summed E-state index contributed by atoms with van der Waals surface area (Å²) in [6, 6.07) is 6.51. The van der Waals surface area contributed by atoms with E-state index >= 15 is 0 Å². The van der Waals surface area contributed by atoms with E-state index in [1.54, 1.807) is 12.1 Å². The lowest BCUT2D eigenvalue weighted by molar-refractivity contribution is -0.117. The van der Waals surface area contributed by atoms with Gasteiger partial charge in [-0.05, 0) is 38.1 Å². The molecule has 6 heteroatoms. The van der Waals surface area contributed by atoms with Crippen LogP contribution in [0, 0.1) is 0 Å². The minimum atomic E-state index is -0.136. The summed E-state index contributed by atoms with van der Waals surface area (Å²) in [4.78, 5) is 13.7. The summed E-state index contributed by atoms with van der Waals surface area (Å²) in [5, 5.41) is 20.8. The standard InChI is InChI=1S/C13H20N2O3.ClH/c1-10(2)15(7-8-16)9-13(18)14-11-3-5-12(17)6-4-11;/h3-6,10,16-17H,7-9H2,1-2H3,(H,14,18);1H. The third-order valence-corrected chi connectivity index (χ3v) is 2.62. The molecule has 1 aromatic rings. The van der Waals surface area contributed by atoms with Gasteiger partial charge in [0.15, 0.2) is 0 Å². The molecule has 0 unspecified atom stereocenters. The van der Waals surface area contributed by atoms with Gasteiger partial charge in [0.1, 0.15) is 5.75 Å². The number of anilines is 1. The summed E-state index contributed by atoms with van der Waals surface area (Å²) < 4.78 is 0. The molecule has 0 radical (unpaired) electrons. The number of halogens is 1. The second-order valence-corrected chi connectivity index (χ2v) is 4.38. The van der Waals surface area contributed by atoms with Crippen LogP contribution in [0.5, 0.6) is 5.75 Å². The van der Waals surface area contributed by atoms with Crippen LogP contribution in [0.3, 0.4) is 0 Å². The van der Waals surface area contributed by atoms with Gasteiger partial charge >= 0.3 is 0 Å². The van der Waals surface area contributed by atoms with Gasteiger partial charge in [0.25, 0.3) is 0 Å². The molecule has 0 aliphatic rings. The van der Waals surface area contributed by atoms with Gasteiger partial charge < -0.3 is 15.5 Å². The molecule has 0 saturated carbocycles. The Labute approximate surface area is 119 Å². The summed E-state index contributed by atoms with van der Waals surface area (Å²) >= 11 is 0. The molecule has 5 nitrogen and oxygen atoms in total. The molecule has 0 aliphatic carbocycles. The zero-order valence-corrected chi connectivity index (χ0v) is 12.0. The smallest absolute Gasteiger partial charge is 0.238 e. The average Bonchev–Trinajstić information content (AvgIpc) is 2.31. The van der Waals surface area contributed by atoms with Crippen LogP contribution in [-0.2, 0) is 4.79 Å². The van der Waals surface area contributed by atoms with E-state index in [0.717, 1.165) is 0 Å². The quantitative estimate of drug-likeness (QED) is 0.693. The number of phenolic OH excluding ortho intramolecular Hbond substituents is 1. The summed E-state index contributed by atoms with van der Waals surface area (Å²) in [7, 11) is 0. The molecule has 0 heterocycles. The first kappa shape index (κ1) is 17.7. The number of rotatable bonds is 6. The second kappa shape index (κ2) is 8.74. The zero-order chi connectivity index (χ0) is 13.5. The molecule has 19 heavy (non-hydrogen) atoms. The van der Waals surface area contributed by atoms with Crippen molar-refractivity contribution in [2.24, 2.45) is 0 Å². The Bertz CT molecular complexity index is 382. The topological polar surface area (TPSA) is 72.8 Å². The van der Waals surface area contributed by atoms with Crippen LogP contribution in [0.15, 0.2) is 24.3 Å². The van der Waals surface area contributed by atoms with Crippen molar-refractivity contribution in [3.63, 3.8) is 0 Å². The number of carbonyl (C=O) groups excluding carboxylic acids is 1. The van der Waals surface area contributed by atoms with E-state index in [-0.39, 0.29) is 43.3 Å². The number of aliphatic hydroxyl groups is 1. The molecule has 108 valence electrons. The summed E-state index contributed by atoms with van der Waals surface area (Å²) in [6.07, 6.45) is 0. The van der Waals surface area contributed by atoms with Crippen LogP contribution in [0.4, 0.5) is 5.69 Å². The number of nitrogens with zero attached hydrogens (tertiary/aromatic N) is 1. The molecule has 0 fully saturated rings. The van der Waals surface area contributed by atoms with Crippen molar-refractivity contribution in [3.05, 3.63) is 24.3 Å². The van der Waals surface area contributed by atoms with E-state index in [4.69, 9.17) is 10.2 Å². The summed E-state index contributed by atoms with van der Waals surface area (Å²) in [6.45, 7) is 4.69. The van der Waals surface area contributed by atoms with Gasteiger partial charge in [0.05, 0.1) is 13.2 Å². The van der Waals surface area contributed by atoms with Crippen molar-refractivity contribution in [1.82, 2.24) is 4.90 Å². The normalized spacial score (nSPS) is 10.4. The van der Waals surface area contributed by atoms with Crippen LogP contribution in [-0.4, -0.2) is 46.8 Å². The molecule has 0 spiro atoms. The monoisotopic (exact) mass is 288 g/mol. The van der Waals surface area contributed by atoms with Crippen molar-refractivity contribution in [2.75, 3.05) is 25.0 Å². The van der Waals surface area contributed by atoms with Crippen LogP contribution in [0.1, 0.15) is 13.8 Å². The Kier molecular flexibility index (Phi) is 8.14. The maximum Gasteiger partial charge on any atom is 0.238 e. The maximum atomic E-state index is 11.8. The first-order valence-corrected chi connectivity index (χ1v) is 5.96. The van der Waals surface area contributed by atoms with E-state index < -0.39 is 0 Å². The number of amides is 1. The van der Waals surface area contributed by atoms with Crippen LogP contribution < -0.4 is 5.32 Å². The van der Waals surface area contributed by atoms with Gasteiger partial charge in [-0.15, -0.1) is 12.4 Å². The number of aromatic hydroxyl groups is 1. The second-order valence-electron chi connectivity index (χ2n) is 4.38. The lowest BCUT2D eigenvalue weighted by Crippen LogP contribution is -2.39. The van der Waals surface area contributed by atoms with Crippen LogP contribution in [0.2, 0.25) is 0 Å². The molecule has 1 rings (SSSR count). The van der Waals surface area contributed by atoms with Gasteiger partial charge in [-0.3, -0.25) is 9.69 Å². The zero-order valence-electron chi connectivity index (χ0n) is 11.2. The molecule has 0 aliphatic heterocycles. The minimum Gasteiger partial charge on any atom is -0.508 e. The average molecular weight is 289 g/mol. The van der Waals surface area contributed by atoms with Crippen molar-refractivity contribution in [1.29, 1.82) is 0 Å². The van der Waals surface area contributed by atoms with Gasteiger partial charge in [-0.25, -0.2) is 0 Å². The van der Waals surface area contributed by atoms with E-state index in [9.17, 15) is 4.79 Å². The molecule has 0 atom stereocenters. The highest BCUT2D eigenvalue weighted by atomic mass is 35.5. The molecular formula is C13H21ClN2O3. The first-order valence-electron chi connectivity index (χ1n) is 5.96. The molecule has 1 aromatic carbocycles. The minimum absolute atomic E-state index is 0. The third kappa shape index (κ3) is 6.42. The van der Waals surface area contributed by atoms with Crippen molar-refractivity contribution >= 4 is 24.0 Å². The maximum absolute atomic E-state index is 11.8. The number of carbonyl (C=O) groups is 1. The SMILES string of the molecule is CC(C)N(CCO)CC(=O)Nc1ccc(O)cc1.Cl. The lowest BCUT2D eigenvalue weighted by atomic mass is 10.3. The van der Waals surface area contributed by atoms with E-state index in [1.165, 1.54) is 12.1 Å². The summed E-state index contributed by atoms with van der Waals surface area (Å²) in [5.41, 5.74) is 0.644. The molecule has 1 amide bonds. The highest BCUT2D eigenvalue weighted by Gasteiger charge is 2.13. The van der Waals surface area contributed by atoms with Gasteiger partial charge in [0.2, 0.25) is 5.91 Å². The Morgan fingerprint density at radius 3 is 2.37 bits per heavy atom. The number of nitrogens with one attached hydrogen (secondary N) is 1. The molecule has 0 bridgehead atoms. The van der Waals surface area contributed by atoms with Crippen molar-refractivity contribution in [2.45, 2.75) is 19.9 Å².